The summed E-state index contributed by atoms with van der Waals surface area (Å²) >= 11 is 0. The van der Waals surface area contributed by atoms with E-state index in [1.165, 1.54) is 0 Å². The molecule has 0 saturated heterocycles. The Labute approximate surface area is 170 Å². The molecule has 8 heteroatoms. The molecule has 1 saturated carbocycles. The van der Waals surface area contributed by atoms with Crippen molar-refractivity contribution in [1.82, 2.24) is 11.0 Å². The lowest BCUT2D eigenvalue weighted by atomic mass is 9.94. The SMILES string of the molecule is NC=O.ONCc1ccc(OC2CCCC(Oc3ccc(CNO)cc3)C2)cc1. The van der Waals surface area contributed by atoms with Crippen LogP contribution >= 0.6 is 0 Å². The van der Waals surface area contributed by atoms with Gasteiger partial charge in [-0.3, -0.25) is 4.79 Å². The van der Waals surface area contributed by atoms with Crippen LogP contribution in [-0.4, -0.2) is 29.0 Å². The van der Waals surface area contributed by atoms with E-state index in [0.717, 1.165) is 48.3 Å². The molecule has 29 heavy (non-hydrogen) atoms. The lowest BCUT2D eigenvalue weighted by molar-refractivity contribution is -0.106. The Hall–Kier alpha value is -2.65. The van der Waals surface area contributed by atoms with Gasteiger partial charge in [-0.15, -0.1) is 0 Å². The van der Waals surface area contributed by atoms with E-state index in [1.807, 2.05) is 48.5 Å². The van der Waals surface area contributed by atoms with Crippen molar-refractivity contribution in [3.8, 4) is 11.5 Å². The third-order valence-corrected chi connectivity index (χ3v) is 4.60. The molecule has 0 heterocycles. The van der Waals surface area contributed by atoms with Gasteiger partial charge in [0, 0.05) is 19.5 Å². The van der Waals surface area contributed by atoms with E-state index in [2.05, 4.69) is 16.7 Å². The van der Waals surface area contributed by atoms with E-state index >= 15 is 0 Å². The first-order valence-corrected chi connectivity index (χ1v) is 9.59. The fourth-order valence-electron chi connectivity index (χ4n) is 3.26. The second-order valence-corrected chi connectivity index (χ2v) is 6.74. The second kappa shape index (κ2) is 12.7. The Bertz CT molecular complexity index is 652. The van der Waals surface area contributed by atoms with Crippen LogP contribution in [0.1, 0.15) is 36.8 Å². The number of hydrogen-bond donors (Lipinski definition) is 5. The van der Waals surface area contributed by atoms with Gasteiger partial charge in [0.15, 0.2) is 0 Å². The maximum atomic E-state index is 8.73. The van der Waals surface area contributed by atoms with Crippen LogP contribution < -0.4 is 26.2 Å². The highest BCUT2D eigenvalue weighted by Crippen LogP contribution is 2.27. The minimum Gasteiger partial charge on any atom is -0.490 e. The molecule has 2 aromatic rings. The fraction of sp³-hybridized carbons (Fsp3) is 0.381. The van der Waals surface area contributed by atoms with Crippen LogP contribution in [0, 0.1) is 0 Å². The average Bonchev–Trinajstić information content (AvgIpc) is 2.72. The predicted octanol–water partition coefficient (Wildman–Crippen LogP) is 2.51. The molecule has 8 nitrogen and oxygen atoms in total. The number of rotatable bonds is 8. The summed E-state index contributed by atoms with van der Waals surface area (Å²) in [4.78, 5) is 8.58. The number of ether oxygens (including phenoxy) is 2. The van der Waals surface area contributed by atoms with Crippen molar-refractivity contribution in [2.45, 2.75) is 51.0 Å². The van der Waals surface area contributed by atoms with Crippen molar-refractivity contribution >= 4 is 6.41 Å². The standard InChI is InChI=1S/C20H26N2O4.CH3NO/c23-21-13-15-4-8-17(9-5-15)25-19-2-1-3-20(12-19)26-18-10-6-16(7-11-18)14-22-24;2-1-3/h4-11,19-24H,1-3,12-14H2;1H,(H2,2,3). The number of hydrogen-bond acceptors (Lipinski definition) is 7. The highest BCUT2D eigenvalue weighted by atomic mass is 16.5. The first kappa shape index (κ1) is 22.6. The summed E-state index contributed by atoms with van der Waals surface area (Å²) in [6, 6.07) is 15.5. The van der Waals surface area contributed by atoms with Gasteiger partial charge >= 0.3 is 0 Å². The van der Waals surface area contributed by atoms with E-state index in [1.54, 1.807) is 0 Å². The highest BCUT2D eigenvalue weighted by molar-refractivity contribution is 5.42. The summed E-state index contributed by atoms with van der Waals surface area (Å²) in [6.07, 6.45) is 4.54. The average molecular weight is 403 g/mol. The number of nitrogens with two attached hydrogens (primary N) is 1. The van der Waals surface area contributed by atoms with Gasteiger partial charge < -0.3 is 25.6 Å². The monoisotopic (exact) mass is 403 g/mol. The molecule has 6 N–H and O–H groups in total. The zero-order valence-electron chi connectivity index (χ0n) is 16.3. The van der Waals surface area contributed by atoms with Crippen LogP contribution in [0.3, 0.4) is 0 Å². The van der Waals surface area contributed by atoms with Gasteiger partial charge in [0.2, 0.25) is 6.41 Å². The summed E-state index contributed by atoms with van der Waals surface area (Å²) in [5.74, 6) is 1.69. The molecule has 0 aliphatic heterocycles. The lowest BCUT2D eigenvalue weighted by Crippen LogP contribution is -2.32. The van der Waals surface area contributed by atoms with Crippen LogP contribution in [0.2, 0.25) is 0 Å². The first-order valence-electron chi connectivity index (χ1n) is 9.59. The third-order valence-electron chi connectivity index (χ3n) is 4.60. The molecular formula is C21H29N3O5. The quantitative estimate of drug-likeness (QED) is 0.339. The first-order chi connectivity index (χ1) is 14.2. The van der Waals surface area contributed by atoms with Crippen LogP contribution in [0.15, 0.2) is 48.5 Å². The summed E-state index contributed by atoms with van der Waals surface area (Å²) in [5, 5.41) is 17.5. The topological polar surface area (TPSA) is 126 Å². The molecule has 1 aliphatic rings. The van der Waals surface area contributed by atoms with Crippen molar-refractivity contribution in [3.63, 3.8) is 0 Å². The summed E-state index contributed by atoms with van der Waals surface area (Å²) in [7, 11) is 0. The van der Waals surface area contributed by atoms with Crippen LogP contribution in [-0.2, 0) is 17.9 Å². The fourth-order valence-corrected chi connectivity index (χ4v) is 3.26. The largest absolute Gasteiger partial charge is 0.490 e. The van der Waals surface area contributed by atoms with Gasteiger partial charge in [0.1, 0.15) is 23.7 Å². The molecule has 3 rings (SSSR count). The van der Waals surface area contributed by atoms with E-state index in [-0.39, 0.29) is 18.6 Å². The molecule has 158 valence electrons. The van der Waals surface area contributed by atoms with E-state index in [9.17, 15) is 0 Å². The molecule has 0 spiro atoms. The smallest absolute Gasteiger partial charge is 0.204 e. The molecule has 1 aliphatic carbocycles. The van der Waals surface area contributed by atoms with Crippen molar-refractivity contribution in [1.29, 1.82) is 0 Å². The van der Waals surface area contributed by atoms with Crippen molar-refractivity contribution < 1.29 is 24.7 Å². The number of amides is 1. The van der Waals surface area contributed by atoms with Crippen LogP contribution in [0.4, 0.5) is 0 Å². The lowest BCUT2D eigenvalue weighted by Gasteiger charge is -2.30. The number of hydroxylamine groups is 2. The van der Waals surface area contributed by atoms with Gasteiger partial charge in [-0.05, 0) is 54.7 Å². The van der Waals surface area contributed by atoms with Crippen molar-refractivity contribution in [2.24, 2.45) is 5.73 Å². The van der Waals surface area contributed by atoms with E-state index in [0.29, 0.717) is 13.1 Å². The van der Waals surface area contributed by atoms with E-state index in [4.69, 9.17) is 24.7 Å². The zero-order valence-corrected chi connectivity index (χ0v) is 16.3. The molecule has 1 fully saturated rings. The van der Waals surface area contributed by atoms with Crippen molar-refractivity contribution in [3.05, 3.63) is 59.7 Å². The summed E-state index contributed by atoms with van der Waals surface area (Å²) in [6.45, 7) is 0.847. The Morgan fingerprint density at radius 3 is 1.59 bits per heavy atom. The normalized spacial score (nSPS) is 18.3. The molecule has 2 unspecified atom stereocenters. The Balaban J connectivity index is 0.000000941. The number of nitrogens with one attached hydrogen (secondary N) is 2. The minimum atomic E-state index is 0.147. The van der Waals surface area contributed by atoms with Crippen molar-refractivity contribution in [2.75, 3.05) is 0 Å². The van der Waals surface area contributed by atoms with Crippen LogP contribution in [0.5, 0.6) is 11.5 Å². The maximum Gasteiger partial charge on any atom is 0.204 e. The second-order valence-electron chi connectivity index (χ2n) is 6.74. The van der Waals surface area contributed by atoms with Gasteiger partial charge in [0.25, 0.3) is 0 Å². The molecule has 0 radical (unpaired) electrons. The number of primary amides is 1. The Morgan fingerprint density at radius 2 is 1.24 bits per heavy atom. The minimum absolute atomic E-state index is 0.147. The molecule has 0 aromatic heterocycles. The maximum absolute atomic E-state index is 8.73. The molecule has 2 atom stereocenters. The Kier molecular flexibility index (Phi) is 9.94. The van der Waals surface area contributed by atoms with Gasteiger partial charge in [-0.1, -0.05) is 24.3 Å². The van der Waals surface area contributed by atoms with Gasteiger partial charge in [-0.25, -0.2) is 11.0 Å². The number of carbonyl (C=O) groups excluding carboxylic acids is 1. The molecular weight excluding hydrogens is 374 g/mol. The zero-order chi connectivity index (χ0) is 20.9. The van der Waals surface area contributed by atoms with Gasteiger partial charge in [0.05, 0.1) is 0 Å². The van der Waals surface area contributed by atoms with Crippen LogP contribution in [0.25, 0.3) is 0 Å². The molecule has 2 aromatic carbocycles. The number of carbonyl (C=O) groups is 1. The predicted molar refractivity (Wildman–Crippen MR) is 108 cm³/mol. The van der Waals surface area contributed by atoms with E-state index < -0.39 is 0 Å². The number of benzene rings is 2. The third kappa shape index (κ3) is 8.08. The molecule has 1 amide bonds. The van der Waals surface area contributed by atoms with Gasteiger partial charge in [-0.2, -0.15) is 0 Å². The Morgan fingerprint density at radius 1 is 0.862 bits per heavy atom. The summed E-state index contributed by atoms with van der Waals surface area (Å²) < 4.78 is 12.2. The molecule has 0 bridgehead atoms. The highest BCUT2D eigenvalue weighted by Gasteiger charge is 2.24. The summed E-state index contributed by atoms with van der Waals surface area (Å²) in [5.41, 5.74) is 10.5.